The lowest BCUT2D eigenvalue weighted by Crippen LogP contribution is -2.27. The molecule has 0 fully saturated rings. The Morgan fingerprint density at radius 3 is 2.74 bits per heavy atom. The summed E-state index contributed by atoms with van der Waals surface area (Å²) in [4.78, 5) is 14.0. The number of nitrogens with zero attached hydrogens (tertiary/aromatic N) is 3. The molecule has 1 heterocycles. The van der Waals surface area contributed by atoms with E-state index in [0.29, 0.717) is 12.2 Å². The molecule has 0 aromatic carbocycles. The summed E-state index contributed by atoms with van der Waals surface area (Å²) in [5.41, 5.74) is -0.530. The van der Waals surface area contributed by atoms with Gasteiger partial charge in [0.1, 0.15) is 11.9 Å². The van der Waals surface area contributed by atoms with Gasteiger partial charge in [0.2, 0.25) is 5.69 Å². The average Bonchev–Trinajstić information content (AvgIpc) is 2.37. The van der Waals surface area contributed by atoms with Crippen LogP contribution in [0.15, 0.2) is 12.1 Å². The lowest BCUT2D eigenvalue weighted by Gasteiger charge is -2.22. The van der Waals surface area contributed by atoms with Crippen molar-refractivity contribution in [2.75, 3.05) is 11.9 Å². The Kier molecular flexibility index (Phi) is 5.21. The molecule has 0 saturated heterocycles. The average molecular weight is 264 g/mol. The normalized spacial score (nSPS) is 11.9. The van der Waals surface area contributed by atoms with Crippen molar-refractivity contribution < 1.29 is 10.0 Å². The molecular formula is C12H16N4O3. The van der Waals surface area contributed by atoms with Crippen LogP contribution < -0.4 is 5.32 Å². The maximum atomic E-state index is 10.7. The highest BCUT2D eigenvalue weighted by atomic mass is 16.6. The number of nitro groups is 1. The smallest absolute Gasteiger partial charge is 0.305 e. The first-order valence-corrected chi connectivity index (χ1v) is 5.92. The first kappa shape index (κ1) is 14.9. The highest BCUT2D eigenvalue weighted by molar-refractivity contribution is 5.50. The van der Waals surface area contributed by atoms with Gasteiger partial charge in [-0.05, 0) is 18.4 Å². The largest absolute Gasteiger partial charge is 0.396 e. The molecule has 1 aromatic heterocycles. The Hall–Kier alpha value is -2.20. The molecule has 0 aliphatic heterocycles. The molecule has 0 aliphatic carbocycles. The van der Waals surface area contributed by atoms with E-state index in [4.69, 9.17) is 10.4 Å². The quantitative estimate of drug-likeness (QED) is 0.597. The number of nitrogens with one attached hydrogen (secondary N) is 1. The van der Waals surface area contributed by atoms with Gasteiger partial charge in [0.15, 0.2) is 0 Å². The number of rotatable bonds is 6. The Morgan fingerprint density at radius 2 is 2.26 bits per heavy atom. The number of hydrogen-bond acceptors (Lipinski definition) is 6. The van der Waals surface area contributed by atoms with Crippen molar-refractivity contribution in [1.29, 1.82) is 5.26 Å². The number of aliphatic hydroxyl groups is 1. The summed E-state index contributed by atoms with van der Waals surface area (Å²) in [6.07, 6.45) is 0.540. The van der Waals surface area contributed by atoms with Crippen molar-refractivity contribution in [2.45, 2.75) is 26.3 Å². The van der Waals surface area contributed by atoms with Crippen molar-refractivity contribution in [3.05, 3.63) is 27.9 Å². The van der Waals surface area contributed by atoms with Gasteiger partial charge in [0.05, 0.1) is 4.92 Å². The molecule has 0 radical (unpaired) electrons. The standard InChI is InChI=1S/C12H16N4O3/c1-8(2)9(5-6-17)14-12-4-3-11(16(18)19)10(7-13)15-12/h3-4,8-9,17H,5-6H2,1-2H3,(H,14,15). The van der Waals surface area contributed by atoms with Crippen LogP contribution >= 0.6 is 0 Å². The van der Waals surface area contributed by atoms with Crippen LogP contribution in [0.2, 0.25) is 0 Å². The van der Waals surface area contributed by atoms with Crippen LogP contribution in [0.4, 0.5) is 11.5 Å². The molecule has 1 aromatic rings. The molecule has 0 amide bonds. The maximum Gasteiger partial charge on any atom is 0.305 e. The van der Waals surface area contributed by atoms with Crippen LogP contribution in [0.25, 0.3) is 0 Å². The molecule has 1 rings (SSSR count). The van der Waals surface area contributed by atoms with Crippen LogP contribution in [0.1, 0.15) is 26.0 Å². The number of aliphatic hydroxyl groups excluding tert-OH is 1. The minimum atomic E-state index is -0.636. The number of pyridine rings is 1. The Morgan fingerprint density at radius 1 is 1.58 bits per heavy atom. The van der Waals surface area contributed by atoms with Crippen molar-refractivity contribution in [1.82, 2.24) is 4.98 Å². The van der Waals surface area contributed by atoms with Gasteiger partial charge in [-0.3, -0.25) is 10.1 Å². The van der Waals surface area contributed by atoms with Crippen LogP contribution in [-0.4, -0.2) is 27.7 Å². The zero-order valence-corrected chi connectivity index (χ0v) is 10.8. The maximum absolute atomic E-state index is 10.7. The molecule has 0 saturated carbocycles. The van der Waals surface area contributed by atoms with E-state index in [-0.39, 0.29) is 29.9 Å². The third kappa shape index (κ3) is 3.89. The van der Waals surface area contributed by atoms with Crippen molar-refractivity contribution in [3.63, 3.8) is 0 Å². The first-order valence-electron chi connectivity index (χ1n) is 5.92. The summed E-state index contributed by atoms with van der Waals surface area (Å²) in [6, 6.07) is 4.42. The number of hydrogen-bond donors (Lipinski definition) is 2. The fourth-order valence-electron chi connectivity index (χ4n) is 1.66. The summed E-state index contributed by atoms with van der Waals surface area (Å²) in [5, 5.41) is 31.6. The van der Waals surface area contributed by atoms with Crippen LogP contribution in [0.5, 0.6) is 0 Å². The van der Waals surface area contributed by atoms with Gasteiger partial charge in [-0.2, -0.15) is 5.26 Å². The van der Waals surface area contributed by atoms with E-state index in [1.54, 1.807) is 6.07 Å². The second kappa shape index (κ2) is 6.66. The Balaban J connectivity index is 2.97. The summed E-state index contributed by atoms with van der Waals surface area (Å²) >= 11 is 0. The highest BCUT2D eigenvalue weighted by Crippen LogP contribution is 2.20. The molecule has 0 aliphatic rings. The minimum Gasteiger partial charge on any atom is -0.396 e. The van der Waals surface area contributed by atoms with Crippen LogP contribution in [-0.2, 0) is 0 Å². The molecule has 1 atom stereocenters. The molecule has 0 bridgehead atoms. The van der Waals surface area contributed by atoms with Gasteiger partial charge in [-0.1, -0.05) is 13.8 Å². The molecule has 0 spiro atoms. The minimum absolute atomic E-state index is 0.00880. The number of nitriles is 1. The van der Waals surface area contributed by atoms with E-state index < -0.39 is 4.92 Å². The monoisotopic (exact) mass is 264 g/mol. The van der Waals surface area contributed by atoms with Gasteiger partial charge in [-0.25, -0.2) is 4.98 Å². The van der Waals surface area contributed by atoms with E-state index in [0.717, 1.165) is 0 Å². The predicted molar refractivity (Wildman–Crippen MR) is 69.6 cm³/mol. The van der Waals surface area contributed by atoms with Gasteiger partial charge in [0.25, 0.3) is 0 Å². The van der Waals surface area contributed by atoms with E-state index in [1.807, 2.05) is 13.8 Å². The molecule has 1 unspecified atom stereocenters. The second-order valence-electron chi connectivity index (χ2n) is 4.44. The van der Waals surface area contributed by atoms with Crippen molar-refractivity contribution in [2.24, 2.45) is 5.92 Å². The van der Waals surface area contributed by atoms with E-state index in [2.05, 4.69) is 10.3 Å². The predicted octanol–water partition coefficient (Wildman–Crippen LogP) is 1.68. The van der Waals surface area contributed by atoms with Gasteiger partial charge >= 0.3 is 5.69 Å². The van der Waals surface area contributed by atoms with Gasteiger partial charge in [0, 0.05) is 18.7 Å². The Labute approximate surface area is 111 Å². The topological polar surface area (TPSA) is 112 Å². The van der Waals surface area contributed by atoms with Gasteiger partial charge in [-0.15, -0.1) is 0 Å². The van der Waals surface area contributed by atoms with Crippen molar-refractivity contribution in [3.8, 4) is 6.07 Å². The zero-order valence-electron chi connectivity index (χ0n) is 10.8. The Bertz CT molecular complexity index is 496. The summed E-state index contributed by atoms with van der Waals surface area (Å²) in [5.74, 6) is 0.656. The van der Waals surface area contributed by atoms with E-state index >= 15 is 0 Å². The number of aromatic nitrogens is 1. The van der Waals surface area contributed by atoms with Crippen LogP contribution in [0.3, 0.4) is 0 Å². The van der Waals surface area contributed by atoms with E-state index in [9.17, 15) is 10.1 Å². The van der Waals surface area contributed by atoms with E-state index in [1.165, 1.54) is 12.1 Å². The molecule has 102 valence electrons. The SMILES string of the molecule is CC(C)C(CCO)Nc1ccc([N+](=O)[O-])c(C#N)n1. The third-order valence-corrected chi connectivity index (χ3v) is 2.75. The first-order chi connectivity index (χ1) is 8.99. The second-order valence-corrected chi connectivity index (χ2v) is 4.44. The fourth-order valence-corrected chi connectivity index (χ4v) is 1.66. The highest BCUT2D eigenvalue weighted by Gasteiger charge is 2.18. The molecule has 2 N–H and O–H groups in total. The molecular weight excluding hydrogens is 248 g/mol. The summed E-state index contributed by atoms with van der Waals surface area (Å²) in [7, 11) is 0. The molecule has 19 heavy (non-hydrogen) atoms. The fraction of sp³-hybridized carbons (Fsp3) is 0.500. The number of anilines is 1. The zero-order chi connectivity index (χ0) is 14.4. The molecule has 7 heteroatoms. The lowest BCUT2D eigenvalue weighted by molar-refractivity contribution is -0.385. The lowest BCUT2D eigenvalue weighted by atomic mass is 10.0. The summed E-state index contributed by atoms with van der Waals surface area (Å²) in [6.45, 7) is 4.02. The molecule has 7 nitrogen and oxygen atoms in total. The van der Waals surface area contributed by atoms with Crippen molar-refractivity contribution >= 4 is 11.5 Å². The third-order valence-electron chi connectivity index (χ3n) is 2.75. The van der Waals surface area contributed by atoms with Crippen LogP contribution in [0, 0.1) is 27.4 Å². The summed E-state index contributed by atoms with van der Waals surface area (Å²) < 4.78 is 0. The van der Waals surface area contributed by atoms with Gasteiger partial charge < -0.3 is 10.4 Å².